The van der Waals surface area contributed by atoms with Gasteiger partial charge in [-0.1, -0.05) is 12.1 Å². The van der Waals surface area contributed by atoms with Crippen molar-refractivity contribution in [1.82, 2.24) is 9.97 Å². The lowest BCUT2D eigenvalue weighted by molar-refractivity contribution is 0.122. The van der Waals surface area contributed by atoms with Gasteiger partial charge in [-0.3, -0.25) is 0 Å². The Morgan fingerprint density at radius 3 is 2.64 bits per heavy atom. The fourth-order valence-corrected chi connectivity index (χ4v) is 2.56. The Bertz CT molecular complexity index is 625. The van der Waals surface area contributed by atoms with Gasteiger partial charge in [0.25, 0.3) is 0 Å². The molecule has 116 valence electrons. The number of benzene rings is 1. The second-order valence-corrected chi connectivity index (χ2v) is 5.18. The van der Waals surface area contributed by atoms with Crippen LogP contribution in [0.2, 0.25) is 0 Å². The topological polar surface area (TPSA) is 73.5 Å². The molecular weight excluding hydrogens is 280 g/mol. The molecule has 0 radical (unpaired) electrons. The van der Waals surface area contributed by atoms with Crippen LogP contribution >= 0.6 is 0 Å². The molecule has 1 saturated heterocycles. The van der Waals surface area contributed by atoms with Gasteiger partial charge in [-0.25, -0.2) is 9.97 Å². The largest absolute Gasteiger partial charge is 0.497 e. The highest BCUT2D eigenvalue weighted by Crippen LogP contribution is 2.23. The van der Waals surface area contributed by atoms with E-state index in [4.69, 9.17) is 15.2 Å². The predicted molar refractivity (Wildman–Crippen MR) is 85.3 cm³/mol. The first-order valence-electron chi connectivity index (χ1n) is 7.33. The summed E-state index contributed by atoms with van der Waals surface area (Å²) in [6.45, 7) is 3.16. The highest BCUT2D eigenvalue weighted by molar-refractivity contribution is 5.52. The van der Waals surface area contributed by atoms with E-state index in [-0.39, 0.29) is 0 Å². The third kappa shape index (κ3) is 3.28. The Morgan fingerprint density at radius 1 is 1.23 bits per heavy atom. The highest BCUT2D eigenvalue weighted by Gasteiger charge is 2.17. The van der Waals surface area contributed by atoms with Crippen LogP contribution in [0, 0.1) is 0 Å². The van der Waals surface area contributed by atoms with Crippen molar-refractivity contribution < 1.29 is 9.47 Å². The predicted octanol–water partition coefficient (Wildman–Crippen LogP) is 1.49. The Hall–Kier alpha value is -2.34. The molecule has 0 unspecified atom stereocenters. The number of ether oxygens (including phenoxy) is 2. The van der Waals surface area contributed by atoms with Gasteiger partial charge in [-0.2, -0.15) is 0 Å². The fourth-order valence-electron chi connectivity index (χ4n) is 2.56. The van der Waals surface area contributed by atoms with Crippen LogP contribution in [0.1, 0.15) is 11.3 Å². The third-order valence-electron chi connectivity index (χ3n) is 3.75. The molecule has 1 aromatic heterocycles. The molecule has 1 fully saturated rings. The Morgan fingerprint density at radius 2 is 1.95 bits per heavy atom. The van der Waals surface area contributed by atoms with E-state index in [0.717, 1.165) is 49.0 Å². The van der Waals surface area contributed by atoms with Crippen molar-refractivity contribution in [3.8, 4) is 5.75 Å². The van der Waals surface area contributed by atoms with Crippen LogP contribution in [0.5, 0.6) is 5.75 Å². The maximum absolute atomic E-state index is 5.77. The summed E-state index contributed by atoms with van der Waals surface area (Å²) in [5, 5.41) is 0. The molecule has 0 spiro atoms. The zero-order valence-electron chi connectivity index (χ0n) is 12.7. The summed E-state index contributed by atoms with van der Waals surface area (Å²) < 4.78 is 10.6. The number of anilines is 2. The number of nitrogens with zero attached hydrogens (tertiary/aromatic N) is 3. The zero-order valence-corrected chi connectivity index (χ0v) is 12.7. The summed E-state index contributed by atoms with van der Waals surface area (Å²) in [7, 11) is 1.66. The minimum Gasteiger partial charge on any atom is -0.497 e. The molecule has 1 aromatic carbocycles. The Labute approximate surface area is 129 Å². The van der Waals surface area contributed by atoms with Crippen LogP contribution in [-0.4, -0.2) is 43.4 Å². The molecule has 2 heterocycles. The van der Waals surface area contributed by atoms with Gasteiger partial charge < -0.3 is 20.1 Å². The van der Waals surface area contributed by atoms with E-state index in [0.29, 0.717) is 12.4 Å². The van der Waals surface area contributed by atoms with Gasteiger partial charge >= 0.3 is 0 Å². The Kier molecular flexibility index (Phi) is 4.39. The molecule has 0 amide bonds. The number of nitrogens with two attached hydrogens (primary N) is 1. The standard InChI is InChI=1S/C16H20N4O2/c1-21-13-4-2-12(3-5-13)10-14-15(11-18-16(17)19-14)20-6-8-22-9-7-20/h2-5,11H,6-10H2,1H3,(H2,17,18,19). The molecule has 2 aromatic rings. The average Bonchev–Trinajstić information content (AvgIpc) is 2.56. The number of nitrogen functional groups attached to an aromatic ring is 1. The maximum Gasteiger partial charge on any atom is 0.220 e. The Balaban J connectivity index is 1.85. The lowest BCUT2D eigenvalue weighted by atomic mass is 10.1. The number of morpholine rings is 1. The highest BCUT2D eigenvalue weighted by atomic mass is 16.5. The van der Waals surface area contributed by atoms with E-state index in [1.165, 1.54) is 0 Å². The smallest absolute Gasteiger partial charge is 0.220 e. The van der Waals surface area contributed by atoms with Gasteiger partial charge in [0.15, 0.2) is 0 Å². The van der Waals surface area contributed by atoms with Crippen LogP contribution in [0.4, 0.5) is 11.6 Å². The molecule has 0 aliphatic carbocycles. The quantitative estimate of drug-likeness (QED) is 0.922. The summed E-state index contributed by atoms with van der Waals surface area (Å²) in [6.07, 6.45) is 2.52. The SMILES string of the molecule is COc1ccc(Cc2nc(N)ncc2N2CCOCC2)cc1. The number of hydrogen-bond donors (Lipinski definition) is 1. The number of methoxy groups -OCH3 is 1. The molecule has 3 rings (SSSR count). The third-order valence-corrected chi connectivity index (χ3v) is 3.75. The molecule has 22 heavy (non-hydrogen) atoms. The molecular formula is C16H20N4O2. The maximum atomic E-state index is 5.77. The van der Waals surface area contributed by atoms with Crippen LogP contribution in [-0.2, 0) is 11.2 Å². The molecule has 1 aliphatic rings. The lowest BCUT2D eigenvalue weighted by Gasteiger charge is -2.29. The lowest BCUT2D eigenvalue weighted by Crippen LogP contribution is -2.37. The zero-order chi connectivity index (χ0) is 15.4. The summed E-state index contributed by atoms with van der Waals surface area (Å²) in [5.41, 5.74) is 8.91. The summed E-state index contributed by atoms with van der Waals surface area (Å²) in [6, 6.07) is 7.99. The van der Waals surface area contributed by atoms with E-state index >= 15 is 0 Å². The minimum absolute atomic E-state index is 0.306. The molecule has 2 N–H and O–H groups in total. The molecule has 0 bridgehead atoms. The van der Waals surface area contributed by atoms with E-state index in [9.17, 15) is 0 Å². The van der Waals surface area contributed by atoms with Crippen molar-refractivity contribution in [2.24, 2.45) is 0 Å². The van der Waals surface area contributed by atoms with Crippen molar-refractivity contribution in [2.45, 2.75) is 6.42 Å². The normalized spacial score (nSPS) is 14.9. The second kappa shape index (κ2) is 6.62. The van der Waals surface area contributed by atoms with Gasteiger partial charge in [0, 0.05) is 19.5 Å². The van der Waals surface area contributed by atoms with E-state index < -0.39 is 0 Å². The molecule has 0 atom stereocenters. The van der Waals surface area contributed by atoms with Gasteiger partial charge in [0.05, 0.1) is 37.9 Å². The number of rotatable bonds is 4. The first-order valence-corrected chi connectivity index (χ1v) is 7.33. The van der Waals surface area contributed by atoms with Crippen LogP contribution < -0.4 is 15.4 Å². The summed E-state index contributed by atoms with van der Waals surface area (Å²) in [5.74, 6) is 1.15. The van der Waals surface area contributed by atoms with Crippen molar-refractivity contribution >= 4 is 11.6 Å². The molecule has 6 nitrogen and oxygen atoms in total. The summed E-state index contributed by atoms with van der Waals surface area (Å²) in [4.78, 5) is 10.8. The molecule has 6 heteroatoms. The van der Waals surface area contributed by atoms with Gasteiger partial charge in [-0.05, 0) is 17.7 Å². The minimum atomic E-state index is 0.306. The van der Waals surface area contributed by atoms with Crippen LogP contribution in [0.15, 0.2) is 30.5 Å². The molecule has 0 saturated carbocycles. The fraction of sp³-hybridized carbons (Fsp3) is 0.375. The first-order chi connectivity index (χ1) is 10.8. The number of aromatic nitrogens is 2. The van der Waals surface area contributed by atoms with Crippen LogP contribution in [0.3, 0.4) is 0 Å². The average molecular weight is 300 g/mol. The van der Waals surface area contributed by atoms with E-state index in [1.807, 2.05) is 30.5 Å². The van der Waals surface area contributed by atoms with Crippen LogP contribution in [0.25, 0.3) is 0 Å². The monoisotopic (exact) mass is 300 g/mol. The van der Waals surface area contributed by atoms with Crippen molar-refractivity contribution in [3.63, 3.8) is 0 Å². The van der Waals surface area contributed by atoms with E-state index in [1.54, 1.807) is 7.11 Å². The number of hydrogen-bond acceptors (Lipinski definition) is 6. The van der Waals surface area contributed by atoms with Gasteiger partial charge in [0.1, 0.15) is 5.75 Å². The van der Waals surface area contributed by atoms with Crippen molar-refractivity contribution in [1.29, 1.82) is 0 Å². The van der Waals surface area contributed by atoms with E-state index in [2.05, 4.69) is 14.9 Å². The second-order valence-electron chi connectivity index (χ2n) is 5.18. The van der Waals surface area contributed by atoms with Gasteiger partial charge in [0.2, 0.25) is 5.95 Å². The van der Waals surface area contributed by atoms with Crippen molar-refractivity contribution in [2.75, 3.05) is 44.0 Å². The summed E-state index contributed by atoms with van der Waals surface area (Å²) >= 11 is 0. The van der Waals surface area contributed by atoms with Crippen molar-refractivity contribution in [3.05, 3.63) is 41.7 Å². The molecule has 1 aliphatic heterocycles. The first kappa shape index (κ1) is 14.6. The van der Waals surface area contributed by atoms with Gasteiger partial charge in [-0.15, -0.1) is 0 Å².